The molecule has 0 aromatic heterocycles. The van der Waals surface area contributed by atoms with Crippen molar-refractivity contribution in [2.75, 3.05) is 13.7 Å². The predicted molar refractivity (Wildman–Crippen MR) is 87.0 cm³/mol. The monoisotopic (exact) mass is 353 g/mol. The summed E-state index contributed by atoms with van der Waals surface area (Å²) in [6.07, 6.45) is 1.97. The second-order valence-electron chi connectivity index (χ2n) is 5.83. The summed E-state index contributed by atoms with van der Waals surface area (Å²) in [6.45, 7) is 2.91. The van der Waals surface area contributed by atoms with Gasteiger partial charge < -0.3 is 15.1 Å². The maximum absolute atomic E-state index is 11.4. The van der Waals surface area contributed by atoms with Crippen LogP contribution in [-0.2, 0) is 20.5 Å². The highest BCUT2D eigenvalue weighted by molar-refractivity contribution is 7.85. The summed E-state index contributed by atoms with van der Waals surface area (Å²) >= 11 is 0. The number of carbonyl (C=O) groups is 1. The Kier molecular flexibility index (Phi) is 4.58. The molecular weight excluding hydrogens is 334 g/mol. The molecule has 24 heavy (non-hydrogen) atoms. The van der Waals surface area contributed by atoms with E-state index in [1.807, 2.05) is 0 Å². The minimum Gasteiger partial charge on any atom is -0.509 e. The molecule has 0 spiro atoms. The SMILES string of the molecule is Cc1ccc(S(=O)(=O)O)cc1C1(C)C(O)=C(C=O)C(CO)=CN1C. The summed E-state index contributed by atoms with van der Waals surface area (Å²) in [5, 5.41) is 20.0. The summed E-state index contributed by atoms with van der Waals surface area (Å²) in [6, 6.07) is 4.03. The summed E-state index contributed by atoms with van der Waals surface area (Å²) in [7, 11) is -2.79. The number of aryl methyl sites for hydroxylation is 1. The average Bonchev–Trinajstić information content (AvgIpc) is 2.51. The molecule has 0 radical (unpaired) electrons. The molecule has 0 saturated carbocycles. The van der Waals surface area contributed by atoms with Crippen LogP contribution in [0.1, 0.15) is 18.1 Å². The van der Waals surface area contributed by atoms with E-state index in [0.717, 1.165) is 0 Å². The molecule has 1 atom stereocenters. The molecule has 7 nitrogen and oxygen atoms in total. The van der Waals surface area contributed by atoms with Gasteiger partial charge in [0.2, 0.25) is 0 Å². The van der Waals surface area contributed by atoms with Crippen molar-refractivity contribution in [3.63, 3.8) is 0 Å². The first kappa shape index (κ1) is 18.2. The Morgan fingerprint density at radius 1 is 1.33 bits per heavy atom. The van der Waals surface area contributed by atoms with Gasteiger partial charge >= 0.3 is 0 Å². The lowest BCUT2D eigenvalue weighted by atomic mass is 9.80. The van der Waals surface area contributed by atoms with Crippen molar-refractivity contribution in [1.82, 2.24) is 4.90 Å². The molecule has 1 aliphatic rings. The van der Waals surface area contributed by atoms with E-state index in [4.69, 9.17) is 0 Å². The first-order chi connectivity index (χ1) is 11.1. The van der Waals surface area contributed by atoms with E-state index < -0.39 is 22.3 Å². The summed E-state index contributed by atoms with van der Waals surface area (Å²) in [5.41, 5.74) is 0.0418. The van der Waals surface area contributed by atoms with Gasteiger partial charge in [-0.1, -0.05) is 6.07 Å². The molecular formula is C16H19NO6S. The Bertz CT molecular complexity index is 855. The van der Waals surface area contributed by atoms with Crippen LogP contribution in [-0.4, -0.2) is 48.0 Å². The van der Waals surface area contributed by atoms with E-state index in [0.29, 0.717) is 17.4 Å². The normalized spacial score (nSPS) is 21.7. The Balaban J connectivity index is 2.78. The van der Waals surface area contributed by atoms with E-state index in [9.17, 15) is 28.0 Å². The third-order valence-electron chi connectivity index (χ3n) is 4.44. The van der Waals surface area contributed by atoms with Crippen LogP contribution in [0.4, 0.5) is 0 Å². The lowest BCUT2D eigenvalue weighted by Crippen LogP contribution is -2.44. The standard InChI is InChI=1S/C16H19NO6S/c1-10-4-5-12(24(21,22)23)6-14(10)16(2)15(20)13(9-19)11(8-18)7-17(16)3/h4-7,9,18,20H,8H2,1-3H3,(H,21,22,23). The van der Waals surface area contributed by atoms with Crippen molar-refractivity contribution in [3.8, 4) is 0 Å². The van der Waals surface area contributed by atoms with Crippen molar-refractivity contribution >= 4 is 16.4 Å². The summed E-state index contributed by atoms with van der Waals surface area (Å²) in [5.74, 6) is -0.304. The Morgan fingerprint density at radius 2 is 1.96 bits per heavy atom. The van der Waals surface area contributed by atoms with Gasteiger partial charge in [0, 0.05) is 18.8 Å². The molecule has 1 aromatic rings. The van der Waals surface area contributed by atoms with Gasteiger partial charge in [-0.25, -0.2) is 0 Å². The number of aliphatic hydroxyl groups is 2. The number of rotatable bonds is 4. The van der Waals surface area contributed by atoms with Gasteiger partial charge in [-0.3, -0.25) is 9.35 Å². The van der Waals surface area contributed by atoms with Crippen molar-refractivity contribution in [2.45, 2.75) is 24.3 Å². The fourth-order valence-electron chi connectivity index (χ4n) is 2.87. The lowest BCUT2D eigenvalue weighted by molar-refractivity contribution is -0.105. The molecule has 1 aromatic carbocycles. The molecule has 8 heteroatoms. The molecule has 1 heterocycles. The highest BCUT2D eigenvalue weighted by Crippen LogP contribution is 2.41. The van der Waals surface area contributed by atoms with Crippen LogP contribution in [0.3, 0.4) is 0 Å². The van der Waals surface area contributed by atoms with Crippen molar-refractivity contribution in [3.05, 3.63) is 52.4 Å². The number of hydrogen-bond donors (Lipinski definition) is 3. The molecule has 0 amide bonds. The minimum absolute atomic E-state index is 0.0465. The molecule has 1 aliphatic heterocycles. The molecule has 3 N–H and O–H groups in total. The van der Waals surface area contributed by atoms with Crippen LogP contribution in [0.2, 0.25) is 0 Å². The van der Waals surface area contributed by atoms with Crippen LogP contribution in [0.5, 0.6) is 0 Å². The lowest BCUT2D eigenvalue weighted by Gasteiger charge is -2.43. The second-order valence-corrected chi connectivity index (χ2v) is 7.25. The number of carbonyl (C=O) groups excluding carboxylic acids is 1. The van der Waals surface area contributed by atoms with E-state index in [1.165, 1.54) is 24.4 Å². The van der Waals surface area contributed by atoms with Crippen molar-refractivity contribution < 1.29 is 28.0 Å². The van der Waals surface area contributed by atoms with Crippen LogP contribution in [0.15, 0.2) is 46.2 Å². The second kappa shape index (κ2) is 6.04. The van der Waals surface area contributed by atoms with Gasteiger partial charge in [0.1, 0.15) is 11.3 Å². The van der Waals surface area contributed by atoms with Gasteiger partial charge in [0.25, 0.3) is 10.1 Å². The molecule has 130 valence electrons. The zero-order valence-corrected chi connectivity index (χ0v) is 14.3. The number of aldehydes is 1. The third-order valence-corrected chi connectivity index (χ3v) is 5.29. The number of likely N-dealkylation sites (N-methyl/N-ethyl adjacent to an activating group) is 1. The number of hydrogen-bond acceptors (Lipinski definition) is 6. The minimum atomic E-state index is -4.42. The van der Waals surface area contributed by atoms with E-state index >= 15 is 0 Å². The van der Waals surface area contributed by atoms with Crippen LogP contribution in [0, 0.1) is 6.92 Å². The van der Waals surface area contributed by atoms with Crippen molar-refractivity contribution in [1.29, 1.82) is 0 Å². The van der Waals surface area contributed by atoms with Crippen LogP contribution < -0.4 is 0 Å². The van der Waals surface area contributed by atoms with Gasteiger partial charge in [0.15, 0.2) is 6.29 Å². The first-order valence-corrected chi connectivity index (χ1v) is 8.53. The van der Waals surface area contributed by atoms with Crippen molar-refractivity contribution in [2.24, 2.45) is 0 Å². The first-order valence-electron chi connectivity index (χ1n) is 7.09. The smallest absolute Gasteiger partial charge is 0.294 e. The fraction of sp³-hybridized carbons (Fsp3) is 0.312. The fourth-order valence-corrected chi connectivity index (χ4v) is 3.38. The molecule has 0 fully saturated rings. The van der Waals surface area contributed by atoms with E-state index in [-0.39, 0.29) is 21.8 Å². The maximum Gasteiger partial charge on any atom is 0.294 e. The molecule has 0 saturated heterocycles. The highest BCUT2D eigenvalue weighted by atomic mass is 32.2. The average molecular weight is 353 g/mol. The number of aliphatic hydroxyl groups excluding tert-OH is 2. The molecule has 1 unspecified atom stereocenters. The Hall–Kier alpha value is -2.16. The van der Waals surface area contributed by atoms with Crippen LogP contribution in [0.25, 0.3) is 0 Å². The predicted octanol–water partition coefficient (Wildman–Crippen LogP) is 1.29. The maximum atomic E-state index is 11.4. The molecule has 2 rings (SSSR count). The van der Waals surface area contributed by atoms with Gasteiger partial charge in [0.05, 0.1) is 17.1 Å². The number of nitrogens with zero attached hydrogens (tertiary/aromatic N) is 1. The van der Waals surface area contributed by atoms with Gasteiger partial charge in [-0.15, -0.1) is 0 Å². The highest BCUT2D eigenvalue weighted by Gasteiger charge is 2.41. The van der Waals surface area contributed by atoms with Crippen LogP contribution >= 0.6 is 0 Å². The Labute approximate surface area is 140 Å². The zero-order valence-electron chi connectivity index (χ0n) is 13.5. The number of benzene rings is 1. The summed E-state index contributed by atoms with van der Waals surface area (Å²) in [4.78, 5) is 12.6. The van der Waals surface area contributed by atoms with Gasteiger partial charge in [-0.2, -0.15) is 8.42 Å². The third kappa shape index (κ3) is 2.72. The zero-order chi connectivity index (χ0) is 18.3. The molecule has 0 bridgehead atoms. The van der Waals surface area contributed by atoms with E-state index in [1.54, 1.807) is 25.8 Å². The largest absolute Gasteiger partial charge is 0.509 e. The van der Waals surface area contributed by atoms with Gasteiger partial charge in [-0.05, 0) is 37.1 Å². The Morgan fingerprint density at radius 3 is 2.46 bits per heavy atom. The van der Waals surface area contributed by atoms with E-state index in [2.05, 4.69) is 0 Å². The quantitative estimate of drug-likeness (QED) is 0.552. The molecule has 0 aliphatic carbocycles. The summed E-state index contributed by atoms with van der Waals surface area (Å²) < 4.78 is 32.1. The topological polar surface area (TPSA) is 115 Å².